The maximum atomic E-state index is 12.0. The molecule has 5 heteroatoms. The zero-order valence-corrected chi connectivity index (χ0v) is 9.32. The minimum absolute atomic E-state index is 0.0237. The van der Waals surface area contributed by atoms with Crippen molar-refractivity contribution in [1.29, 1.82) is 0 Å². The first-order valence-electron chi connectivity index (χ1n) is 5.87. The quantitative estimate of drug-likeness (QED) is 0.672. The van der Waals surface area contributed by atoms with Crippen molar-refractivity contribution in [2.75, 3.05) is 26.2 Å². The third-order valence-electron chi connectivity index (χ3n) is 3.46. The van der Waals surface area contributed by atoms with Crippen LogP contribution in [-0.2, 0) is 9.59 Å². The average molecular weight is 226 g/mol. The smallest absolute Gasteiger partial charge is 0.227 e. The standard InChI is InChI=1S/C11H18N2O3/c14-4-2-8-1-3-13(7-8)11(16)9-5-10(15)12-6-9/h8-9,14H,1-7H2,(H,12,15). The molecule has 2 atom stereocenters. The molecule has 2 rings (SSSR count). The molecule has 16 heavy (non-hydrogen) atoms. The van der Waals surface area contributed by atoms with E-state index in [1.165, 1.54) is 0 Å². The van der Waals surface area contributed by atoms with Crippen molar-refractivity contribution in [3.8, 4) is 0 Å². The minimum Gasteiger partial charge on any atom is -0.396 e. The van der Waals surface area contributed by atoms with Crippen molar-refractivity contribution < 1.29 is 14.7 Å². The summed E-state index contributed by atoms with van der Waals surface area (Å²) in [5.41, 5.74) is 0. The molecule has 2 amide bonds. The summed E-state index contributed by atoms with van der Waals surface area (Å²) >= 11 is 0. The van der Waals surface area contributed by atoms with Gasteiger partial charge in [-0.25, -0.2) is 0 Å². The van der Waals surface area contributed by atoms with E-state index in [1.807, 2.05) is 4.90 Å². The fourth-order valence-corrected chi connectivity index (χ4v) is 2.49. The Morgan fingerprint density at radius 3 is 3.00 bits per heavy atom. The lowest BCUT2D eigenvalue weighted by molar-refractivity contribution is -0.134. The number of hydrogen-bond acceptors (Lipinski definition) is 3. The van der Waals surface area contributed by atoms with E-state index in [-0.39, 0.29) is 24.3 Å². The first-order valence-corrected chi connectivity index (χ1v) is 5.87. The molecule has 0 aliphatic carbocycles. The van der Waals surface area contributed by atoms with E-state index in [4.69, 9.17) is 5.11 Å². The molecule has 0 bridgehead atoms. The van der Waals surface area contributed by atoms with Crippen molar-refractivity contribution in [2.45, 2.75) is 19.3 Å². The van der Waals surface area contributed by atoms with E-state index in [9.17, 15) is 9.59 Å². The van der Waals surface area contributed by atoms with Gasteiger partial charge in [-0.1, -0.05) is 0 Å². The second-order valence-corrected chi connectivity index (χ2v) is 4.66. The van der Waals surface area contributed by atoms with E-state index < -0.39 is 0 Å². The molecule has 0 radical (unpaired) electrons. The van der Waals surface area contributed by atoms with Gasteiger partial charge in [0, 0.05) is 32.7 Å². The van der Waals surface area contributed by atoms with E-state index >= 15 is 0 Å². The Morgan fingerprint density at radius 1 is 1.56 bits per heavy atom. The molecule has 2 saturated heterocycles. The van der Waals surface area contributed by atoms with Gasteiger partial charge in [0.1, 0.15) is 0 Å². The van der Waals surface area contributed by atoms with Crippen LogP contribution >= 0.6 is 0 Å². The highest BCUT2D eigenvalue weighted by Gasteiger charge is 2.34. The molecule has 2 heterocycles. The molecule has 2 aliphatic rings. The van der Waals surface area contributed by atoms with Crippen LogP contribution in [0.5, 0.6) is 0 Å². The molecule has 2 aliphatic heterocycles. The summed E-state index contributed by atoms with van der Waals surface area (Å²) in [6.45, 7) is 2.19. The summed E-state index contributed by atoms with van der Waals surface area (Å²) in [6.07, 6.45) is 2.08. The molecule has 0 saturated carbocycles. The monoisotopic (exact) mass is 226 g/mol. The number of carbonyl (C=O) groups is 2. The lowest BCUT2D eigenvalue weighted by Crippen LogP contribution is -2.35. The Kier molecular flexibility index (Phi) is 3.43. The molecule has 0 aromatic rings. The normalized spacial score (nSPS) is 29.6. The van der Waals surface area contributed by atoms with Crippen molar-refractivity contribution in [3.05, 3.63) is 0 Å². The fourth-order valence-electron chi connectivity index (χ4n) is 2.49. The van der Waals surface area contributed by atoms with E-state index in [0.29, 0.717) is 18.9 Å². The van der Waals surface area contributed by atoms with E-state index in [0.717, 1.165) is 25.9 Å². The van der Waals surface area contributed by atoms with Crippen LogP contribution in [0.4, 0.5) is 0 Å². The first-order chi connectivity index (χ1) is 7.70. The molecule has 2 unspecified atom stereocenters. The number of nitrogens with one attached hydrogen (secondary N) is 1. The topological polar surface area (TPSA) is 69.6 Å². The second kappa shape index (κ2) is 4.82. The fraction of sp³-hybridized carbons (Fsp3) is 0.818. The Labute approximate surface area is 94.8 Å². The summed E-state index contributed by atoms with van der Waals surface area (Å²) in [5.74, 6) is 0.336. The van der Waals surface area contributed by atoms with Crippen LogP contribution in [0.3, 0.4) is 0 Å². The van der Waals surface area contributed by atoms with Gasteiger partial charge in [0.2, 0.25) is 11.8 Å². The highest BCUT2D eigenvalue weighted by atomic mass is 16.3. The van der Waals surface area contributed by atoms with Gasteiger partial charge < -0.3 is 15.3 Å². The molecule has 90 valence electrons. The van der Waals surface area contributed by atoms with Crippen LogP contribution in [0.15, 0.2) is 0 Å². The summed E-state index contributed by atoms with van der Waals surface area (Å²) in [6, 6.07) is 0. The minimum atomic E-state index is -0.166. The van der Waals surface area contributed by atoms with Crippen LogP contribution in [0.25, 0.3) is 0 Å². The lowest BCUT2D eigenvalue weighted by atomic mass is 10.1. The van der Waals surface area contributed by atoms with Gasteiger partial charge in [-0.2, -0.15) is 0 Å². The number of rotatable bonds is 3. The Morgan fingerprint density at radius 2 is 2.38 bits per heavy atom. The lowest BCUT2D eigenvalue weighted by Gasteiger charge is -2.19. The largest absolute Gasteiger partial charge is 0.396 e. The van der Waals surface area contributed by atoms with Crippen LogP contribution in [0, 0.1) is 11.8 Å². The molecule has 0 spiro atoms. The SMILES string of the molecule is O=C1CC(C(=O)N2CCC(CCO)C2)CN1. The molecule has 0 aromatic heterocycles. The summed E-state index contributed by atoms with van der Waals surface area (Å²) < 4.78 is 0. The first kappa shape index (κ1) is 11.4. The van der Waals surface area contributed by atoms with E-state index in [2.05, 4.69) is 5.32 Å². The number of likely N-dealkylation sites (tertiary alicyclic amines) is 1. The molecular formula is C11H18N2O3. The van der Waals surface area contributed by atoms with Gasteiger partial charge in [0.15, 0.2) is 0 Å². The Hall–Kier alpha value is -1.10. The summed E-state index contributed by atoms with van der Waals surface area (Å²) in [7, 11) is 0. The number of aliphatic hydroxyl groups is 1. The van der Waals surface area contributed by atoms with Gasteiger partial charge >= 0.3 is 0 Å². The summed E-state index contributed by atoms with van der Waals surface area (Å²) in [4.78, 5) is 24.9. The van der Waals surface area contributed by atoms with Gasteiger partial charge in [0.05, 0.1) is 5.92 Å². The Bertz CT molecular complexity index is 293. The highest BCUT2D eigenvalue weighted by molar-refractivity contribution is 5.89. The molecular weight excluding hydrogens is 208 g/mol. The van der Waals surface area contributed by atoms with Gasteiger partial charge in [0.25, 0.3) is 0 Å². The number of aliphatic hydroxyl groups excluding tert-OH is 1. The zero-order chi connectivity index (χ0) is 11.5. The number of carbonyl (C=O) groups excluding carboxylic acids is 2. The van der Waals surface area contributed by atoms with Crippen molar-refractivity contribution in [2.24, 2.45) is 11.8 Å². The van der Waals surface area contributed by atoms with Crippen molar-refractivity contribution in [1.82, 2.24) is 10.2 Å². The predicted molar refractivity (Wildman–Crippen MR) is 57.5 cm³/mol. The maximum absolute atomic E-state index is 12.0. The highest BCUT2D eigenvalue weighted by Crippen LogP contribution is 2.22. The number of nitrogens with zero attached hydrogens (tertiary/aromatic N) is 1. The second-order valence-electron chi connectivity index (χ2n) is 4.66. The summed E-state index contributed by atoms with van der Waals surface area (Å²) in [5, 5.41) is 11.5. The van der Waals surface area contributed by atoms with Crippen molar-refractivity contribution in [3.63, 3.8) is 0 Å². The zero-order valence-electron chi connectivity index (χ0n) is 9.32. The number of hydrogen-bond donors (Lipinski definition) is 2. The molecule has 5 nitrogen and oxygen atoms in total. The van der Waals surface area contributed by atoms with Crippen LogP contribution in [-0.4, -0.2) is 48.1 Å². The van der Waals surface area contributed by atoms with E-state index in [1.54, 1.807) is 0 Å². The molecule has 2 N–H and O–H groups in total. The van der Waals surface area contributed by atoms with Crippen LogP contribution in [0.2, 0.25) is 0 Å². The van der Waals surface area contributed by atoms with Gasteiger partial charge in [-0.3, -0.25) is 9.59 Å². The molecule has 2 fully saturated rings. The molecule has 0 aromatic carbocycles. The van der Waals surface area contributed by atoms with Gasteiger partial charge in [-0.15, -0.1) is 0 Å². The predicted octanol–water partition coefficient (Wildman–Crippen LogP) is -0.647. The van der Waals surface area contributed by atoms with Crippen LogP contribution < -0.4 is 5.32 Å². The maximum Gasteiger partial charge on any atom is 0.227 e. The van der Waals surface area contributed by atoms with Crippen molar-refractivity contribution >= 4 is 11.8 Å². The Balaban J connectivity index is 1.84. The van der Waals surface area contributed by atoms with Gasteiger partial charge in [-0.05, 0) is 18.8 Å². The third-order valence-corrected chi connectivity index (χ3v) is 3.46. The third kappa shape index (κ3) is 2.35. The van der Waals surface area contributed by atoms with Crippen LogP contribution in [0.1, 0.15) is 19.3 Å². The number of amides is 2. The average Bonchev–Trinajstić information content (AvgIpc) is 2.87.